The quantitative estimate of drug-likeness (QED) is 0.458. The van der Waals surface area contributed by atoms with Gasteiger partial charge < -0.3 is 9.74 Å². The molecule has 0 N–H and O–H groups in total. The Morgan fingerprint density at radius 2 is 2.41 bits per heavy atom. The Morgan fingerprint density at radius 1 is 1.59 bits per heavy atom. The molecule has 0 bridgehead atoms. The number of benzene rings is 1. The fourth-order valence-electron chi connectivity index (χ4n) is 1.62. The molecule has 90 valence electrons. The van der Waals surface area contributed by atoms with Crippen LogP contribution in [0.15, 0.2) is 28.3 Å². The Labute approximate surface area is 105 Å². The minimum Gasteiger partial charge on any atom is -0.373 e. The number of carbonyl (C=O) groups is 1. The molecule has 0 radical (unpaired) electrons. The van der Waals surface area contributed by atoms with Crippen LogP contribution in [-0.2, 0) is 9.63 Å². The molecule has 0 amide bonds. The lowest BCUT2D eigenvalue weighted by Crippen LogP contribution is -2.24. The summed E-state index contributed by atoms with van der Waals surface area (Å²) in [6, 6.07) is 6.09. The molecule has 5 heteroatoms. The summed E-state index contributed by atoms with van der Waals surface area (Å²) >= 11 is 1.84. The van der Waals surface area contributed by atoms with Crippen molar-refractivity contribution >= 4 is 29.6 Å². The van der Waals surface area contributed by atoms with Crippen LogP contribution in [0.3, 0.4) is 0 Å². The second-order valence-electron chi connectivity index (χ2n) is 3.81. The number of carbonyl (C=O) groups excluding carboxylic acids is 1. The van der Waals surface area contributed by atoms with E-state index < -0.39 is 5.97 Å². The average Bonchev–Trinajstić information content (AvgIpc) is 2.29. The molecule has 0 saturated carbocycles. The summed E-state index contributed by atoms with van der Waals surface area (Å²) in [6.07, 6.45) is 1.55. The summed E-state index contributed by atoms with van der Waals surface area (Å²) in [5.41, 5.74) is 2.18. The summed E-state index contributed by atoms with van der Waals surface area (Å²) < 4.78 is 0. The zero-order chi connectivity index (χ0) is 12.3. The van der Waals surface area contributed by atoms with Crippen molar-refractivity contribution in [2.75, 3.05) is 24.2 Å². The van der Waals surface area contributed by atoms with Gasteiger partial charge >= 0.3 is 5.97 Å². The third-order valence-electron chi connectivity index (χ3n) is 2.46. The fraction of sp³-hybridized carbons (Fsp3) is 0.333. The van der Waals surface area contributed by atoms with Crippen LogP contribution in [0.2, 0.25) is 0 Å². The van der Waals surface area contributed by atoms with Gasteiger partial charge in [-0.3, -0.25) is 0 Å². The van der Waals surface area contributed by atoms with Gasteiger partial charge in [0.05, 0.1) is 11.9 Å². The first-order valence-corrected chi connectivity index (χ1v) is 6.34. The van der Waals surface area contributed by atoms with E-state index in [9.17, 15) is 4.79 Å². The average molecular weight is 250 g/mol. The molecule has 4 nitrogen and oxygen atoms in total. The van der Waals surface area contributed by atoms with E-state index in [-0.39, 0.29) is 0 Å². The molecule has 1 aliphatic heterocycles. The van der Waals surface area contributed by atoms with Crippen molar-refractivity contribution in [1.82, 2.24) is 0 Å². The van der Waals surface area contributed by atoms with Crippen LogP contribution in [0.5, 0.6) is 0 Å². The van der Waals surface area contributed by atoms with Gasteiger partial charge in [-0.1, -0.05) is 11.2 Å². The van der Waals surface area contributed by atoms with Crippen LogP contribution in [0.1, 0.15) is 12.5 Å². The highest BCUT2D eigenvalue weighted by Crippen LogP contribution is 2.34. The Morgan fingerprint density at radius 3 is 3.18 bits per heavy atom. The predicted octanol–water partition coefficient (Wildman–Crippen LogP) is 2.13. The highest BCUT2D eigenvalue weighted by Gasteiger charge is 2.13. The van der Waals surface area contributed by atoms with E-state index in [4.69, 9.17) is 0 Å². The van der Waals surface area contributed by atoms with Gasteiger partial charge in [0.15, 0.2) is 0 Å². The van der Waals surface area contributed by atoms with Crippen molar-refractivity contribution in [2.45, 2.75) is 11.8 Å². The SMILES string of the molecule is CC(=O)ON=Cc1ccc2c(c1)SCCN2C. The molecule has 1 heterocycles. The number of thioether (sulfide) groups is 1. The maximum atomic E-state index is 10.6. The molecule has 2 rings (SSSR count). The first kappa shape index (κ1) is 12.0. The third kappa shape index (κ3) is 3.00. The van der Waals surface area contributed by atoms with Gasteiger partial charge in [-0.05, 0) is 17.7 Å². The molecule has 0 spiro atoms. The summed E-state index contributed by atoms with van der Waals surface area (Å²) in [6.45, 7) is 2.40. The summed E-state index contributed by atoms with van der Waals surface area (Å²) in [7, 11) is 2.09. The summed E-state index contributed by atoms with van der Waals surface area (Å²) in [4.78, 5) is 18.6. The van der Waals surface area contributed by atoms with E-state index >= 15 is 0 Å². The first-order chi connectivity index (χ1) is 8.16. The zero-order valence-corrected chi connectivity index (χ0v) is 10.7. The van der Waals surface area contributed by atoms with Gasteiger partial charge in [0.2, 0.25) is 0 Å². The van der Waals surface area contributed by atoms with E-state index in [1.807, 2.05) is 17.8 Å². The molecule has 1 aromatic carbocycles. The van der Waals surface area contributed by atoms with E-state index in [1.165, 1.54) is 17.5 Å². The molecule has 0 saturated heterocycles. The fourth-order valence-corrected chi connectivity index (χ4v) is 2.79. The van der Waals surface area contributed by atoms with Gasteiger partial charge in [-0.2, -0.15) is 0 Å². The van der Waals surface area contributed by atoms with Crippen LogP contribution < -0.4 is 4.90 Å². The Bertz CT molecular complexity index is 460. The zero-order valence-electron chi connectivity index (χ0n) is 9.84. The maximum absolute atomic E-state index is 10.6. The smallest absolute Gasteiger partial charge is 0.331 e. The van der Waals surface area contributed by atoms with Crippen molar-refractivity contribution in [2.24, 2.45) is 5.16 Å². The first-order valence-electron chi connectivity index (χ1n) is 5.36. The lowest BCUT2D eigenvalue weighted by molar-refractivity contribution is -0.140. The molecule has 0 unspecified atom stereocenters. The normalized spacial score (nSPS) is 14.8. The highest BCUT2D eigenvalue weighted by atomic mass is 32.2. The number of hydrogen-bond donors (Lipinski definition) is 0. The van der Waals surface area contributed by atoms with Crippen LogP contribution in [0.4, 0.5) is 5.69 Å². The molecule has 0 atom stereocenters. The monoisotopic (exact) mass is 250 g/mol. The Kier molecular flexibility index (Phi) is 3.68. The van der Waals surface area contributed by atoms with Gasteiger partial charge in [0.1, 0.15) is 0 Å². The highest BCUT2D eigenvalue weighted by molar-refractivity contribution is 7.99. The topological polar surface area (TPSA) is 41.9 Å². The lowest BCUT2D eigenvalue weighted by atomic mass is 10.2. The molecular formula is C12H14N2O2S. The number of fused-ring (bicyclic) bond motifs is 1. The predicted molar refractivity (Wildman–Crippen MR) is 69.8 cm³/mol. The molecule has 0 aliphatic carbocycles. The van der Waals surface area contributed by atoms with Crippen LogP contribution in [0.25, 0.3) is 0 Å². The number of anilines is 1. The van der Waals surface area contributed by atoms with Crippen molar-refractivity contribution in [3.05, 3.63) is 23.8 Å². The third-order valence-corrected chi connectivity index (χ3v) is 3.49. The molecule has 0 fully saturated rings. The van der Waals surface area contributed by atoms with Gasteiger partial charge in [-0.25, -0.2) is 4.79 Å². The van der Waals surface area contributed by atoms with Crippen molar-refractivity contribution in [3.8, 4) is 0 Å². The number of rotatable bonds is 2. The van der Waals surface area contributed by atoms with Gasteiger partial charge in [0, 0.05) is 31.2 Å². The molecular weight excluding hydrogens is 236 g/mol. The van der Waals surface area contributed by atoms with Crippen molar-refractivity contribution < 1.29 is 9.63 Å². The van der Waals surface area contributed by atoms with Gasteiger partial charge in [-0.15, -0.1) is 11.8 Å². The standard InChI is InChI=1S/C12H14N2O2S/c1-9(15)16-13-8-10-3-4-11-12(7-10)17-6-5-14(11)2/h3-4,7-8H,5-6H2,1-2H3. The van der Waals surface area contributed by atoms with E-state index in [0.29, 0.717) is 0 Å². The lowest BCUT2D eigenvalue weighted by Gasteiger charge is -2.26. The minimum absolute atomic E-state index is 0.409. The second-order valence-corrected chi connectivity index (χ2v) is 4.95. The van der Waals surface area contributed by atoms with E-state index in [2.05, 4.69) is 34.1 Å². The molecule has 1 aromatic rings. The van der Waals surface area contributed by atoms with Crippen molar-refractivity contribution in [1.29, 1.82) is 0 Å². The number of oxime groups is 1. The number of hydrogen-bond acceptors (Lipinski definition) is 5. The van der Waals surface area contributed by atoms with Crippen LogP contribution in [0, 0.1) is 0 Å². The molecule has 17 heavy (non-hydrogen) atoms. The van der Waals surface area contributed by atoms with Gasteiger partial charge in [0.25, 0.3) is 0 Å². The minimum atomic E-state index is -0.409. The maximum Gasteiger partial charge on any atom is 0.331 e. The summed E-state index contributed by atoms with van der Waals surface area (Å²) in [5, 5.41) is 3.61. The molecule has 1 aliphatic rings. The molecule has 0 aromatic heterocycles. The largest absolute Gasteiger partial charge is 0.373 e. The van der Waals surface area contributed by atoms with Crippen molar-refractivity contribution in [3.63, 3.8) is 0 Å². The Hall–Kier alpha value is -1.49. The summed E-state index contributed by atoms with van der Waals surface area (Å²) in [5.74, 6) is 0.682. The van der Waals surface area contributed by atoms with Crippen LogP contribution >= 0.6 is 11.8 Å². The Balaban J connectivity index is 2.16. The van der Waals surface area contributed by atoms with Crippen LogP contribution in [-0.4, -0.2) is 31.5 Å². The second kappa shape index (κ2) is 5.23. The number of nitrogens with zero attached hydrogens (tertiary/aromatic N) is 2. The van der Waals surface area contributed by atoms with E-state index in [0.717, 1.165) is 17.9 Å². The van der Waals surface area contributed by atoms with E-state index in [1.54, 1.807) is 6.21 Å².